The summed E-state index contributed by atoms with van der Waals surface area (Å²) in [5.41, 5.74) is -0.561. The lowest BCUT2D eigenvalue weighted by atomic mass is 9.96. The van der Waals surface area contributed by atoms with Gasteiger partial charge in [0.15, 0.2) is 0 Å². The molecule has 1 heterocycles. The summed E-state index contributed by atoms with van der Waals surface area (Å²) in [5, 5.41) is 5.28. The third-order valence-electron chi connectivity index (χ3n) is 3.50. The Hall–Kier alpha value is -2.16. The zero-order chi connectivity index (χ0) is 19.4. The molecule has 1 rings (SSSR count). The second kappa shape index (κ2) is 11.5. The van der Waals surface area contributed by atoms with Crippen molar-refractivity contribution >= 4 is 23.8 Å². The van der Waals surface area contributed by atoms with Gasteiger partial charge in [-0.15, -0.1) is 0 Å². The normalized spacial score (nSPS) is 22.4. The first-order valence-corrected chi connectivity index (χ1v) is 8.71. The fraction of sp³-hybridized carbons (Fsp3) is 0.765. The molecule has 9 heteroatoms. The summed E-state index contributed by atoms with van der Waals surface area (Å²) in [6.07, 6.45) is 0.0256. The lowest BCUT2D eigenvalue weighted by Crippen LogP contribution is -2.32. The summed E-state index contributed by atoms with van der Waals surface area (Å²) < 4.78 is 15.5. The van der Waals surface area contributed by atoms with Crippen LogP contribution in [0, 0.1) is 5.41 Å². The molecule has 0 saturated carbocycles. The topological polar surface area (TPSA) is 120 Å². The Morgan fingerprint density at radius 2 is 1.15 bits per heavy atom. The largest absolute Gasteiger partial charge is 0.465 e. The van der Waals surface area contributed by atoms with Gasteiger partial charge in [0, 0.05) is 31.3 Å². The fourth-order valence-corrected chi connectivity index (χ4v) is 1.97. The Morgan fingerprint density at radius 3 is 1.58 bits per heavy atom. The number of cyclic esters (lactones) is 2. The maximum absolute atomic E-state index is 11.7. The van der Waals surface area contributed by atoms with Crippen LogP contribution >= 0.6 is 0 Å². The average Bonchev–Trinajstić information content (AvgIpc) is 2.60. The van der Waals surface area contributed by atoms with Gasteiger partial charge in [-0.05, 0) is 0 Å². The first kappa shape index (κ1) is 21.9. The minimum Gasteiger partial charge on any atom is -0.465 e. The summed E-state index contributed by atoms with van der Waals surface area (Å²) in [4.78, 5) is 46.7. The van der Waals surface area contributed by atoms with Crippen molar-refractivity contribution in [3.05, 3.63) is 0 Å². The average molecular weight is 372 g/mol. The van der Waals surface area contributed by atoms with Crippen molar-refractivity contribution < 1.29 is 33.4 Å². The Bertz CT molecular complexity index is 463. The molecule has 0 spiro atoms. The van der Waals surface area contributed by atoms with Crippen LogP contribution in [0.15, 0.2) is 0 Å². The van der Waals surface area contributed by atoms with Crippen LogP contribution in [-0.2, 0) is 33.4 Å². The van der Waals surface area contributed by atoms with Crippen LogP contribution in [0.25, 0.3) is 0 Å². The predicted octanol–water partition coefficient (Wildman–Crippen LogP) is -0.0780. The second-order valence-corrected chi connectivity index (χ2v) is 6.80. The van der Waals surface area contributed by atoms with Crippen molar-refractivity contribution in [2.75, 3.05) is 39.5 Å². The van der Waals surface area contributed by atoms with E-state index in [9.17, 15) is 19.2 Å². The van der Waals surface area contributed by atoms with Crippen molar-refractivity contribution in [3.8, 4) is 0 Å². The first-order valence-electron chi connectivity index (χ1n) is 8.71. The Balaban J connectivity index is 2.52. The van der Waals surface area contributed by atoms with E-state index in [1.165, 1.54) is 0 Å². The lowest BCUT2D eigenvalue weighted by molar-refractivity contribution is -0.153. The van der Waals surface area contributed by atoms with Gasteiger partial charge in [0.1, 0.15) is 0 Å². The predicted molar refractivity (Wildman–Crippen MR) is 91.0 cm³/mol. The van der Waals surface area contributed by atoms with E-state index in [1.807, 2.05) is 0 Å². The molecule has 0 radical (unpaired) electrons. The van der Waals surface area contributed by atoms with Crippen molar-refractivity contribution in [1.82, 2.24) is 10.6 Å². The molecule has 0 aromatic carbocycles. The second-order valence-electron chi connectivity index (χ2n) is 6.80. The molecule has 1 fully saturated rings. The van der Waals surface area contributed by atoms with E-state index in [2.05, 4.69) is 10.6 Å². The van der Waals surface area contributed by atoms with Gasteiger partial charge in [0.2, 0.25) is 11.8 Å². The third-order valence-corrected chi connectivity index (χ3v) is 3.50. The van der Waals surface area contributed by atoms with E-state index in [0.29, 0.717) is 26.3 Å². The summed E-state index contributed by atoms with van der Waals surface area (Å²) >= 11 is 0. The van der Waals surface area contributed by atoms with Crippen molar-refractivity contribution in [3.63, 3.8) is 0 Å². The maximum atomic E-state index is 11.7. The molecule has 148 valence electrons. The minimum absolute atomic E-state index is 0.0193. The number of ether oxygens (including phenoxy) is 3. The maximum Gasteiger partial charge on any atom is 0.306 e. The van der Waals surface area contributed by atoms with Gasteiger partial charge in [0.05, 0.1) is 39.3 Å². The van der Waals surface area contributed by atoms with E-state index in [1.54, 1.807) is 13.8 Å². The molecule has 0 aromatic heterocycles. The number of carbonyl (C=O) groups excluding carboxylic acids is 4. The molecule has 1 saturated heterocycles. The molecule has 0 aliphatic carbocycles. The number of amides is 2. The number of hydrogen-bond donors (Lipinski definition) is 2. The van der Waals surface area contributed by atoms with Gasteiger partial charge in [-0.25, -0.2) is 0 Å². The molecule has 1 aliphatic heterocycles. The Kier molecular flexibility index (Phi) is 9.64. The van der Waals surface area contributed by atoms with Gasteiger partial charge in [-0.2, -0.15) is 0 Å². The summed E-state index contributed by atoms with van der Waals surface area (Å²) in [5.74, 6) is -1.49. The van der Waals surface area contributed by atoms with E-state index < -0.39 is 17.4 Å². The molecule has 26 heavy (non-hydrogen) atoms. The van der Waals surface area contributed by atoms with Crippen molar-refractivity contribution in [1.29, 1.82) is 0 Å². The number of nitrogens with one attached hydrogen (secondary N) is 2. The zero-order valence-electron chi connectivity index (χ0n) is 15.4. The summed E-state index contributed by atoms with van der Waals surface area (Å²) in [6.45, 7) is 4.95. The molecule has 2 amide bonds. The highest BCUT2D eigenvalue weighted by molar-refractivity contribution is 5.81. The van der Waals surface area contributed by atoms with Crippen LogP contribution in [0.1, 0.15) is 39.5 Å². The molecule has 0 aromatic rings. The monoisotopic (exact) mass is 372 g/mol. The van der Waals surface area contributed by atoms with E-state index in [-0.39, 0.29) is 50.7 Å². The SMILES string of the molecule is CC1(C)COC(=O)CCC(=O)NCCOCCNC(=O)CCC(=O)OC1. The Labute approximate surface area is 153 Å². The summed E-state index contributed by atoms with van der Waals surface area (Å²) in [6, 6.07) is 0. The van der Waals surface area contributed by atoms with Crippen LogP contribution in [-0.4, -0.2) is 63.3 Å². The summed E-state index contributed by atoms with van der Waals surface area (Å²) in [7, 11) is 0. The van der Waals surface area contributed by atoms with Crippen LogP contribution < -0.4 is 10.6 Å². The van der Waals surface area contributed by atoms with E-state index in [4.69, 9.17) is 14.2 Å². The number of esters is 2. The Morgan fingerprint density at radius 1 is 0.731 bits per heavy atom. The number of carbonyl (C=O) groups is 4. The highest BCUT2D eigenvalue weighted by Crippen LogP contribution is 2.17. The van der Waals surface area contributed by atoms with Gasteiger partial charge in [-0.1, -0.05) is 13.8 Å². The van der Waals surface area contributed by atoms with Crippen molar-refractivity contribution in [2.24, 2.45) is 5.41 Å². The van der Waals surface area contributed by atoms with Crippen molar-refractivity contribution in [2.45, 2.75) is 39.5 Å². The van der Waals surface area contributed by atoms with E-state index >= 15 is 0 Å². The first-order chi connectivity index (χ1) is 12.3. The zero-order valence-corrected chi connectivity index (χ0v) is 15.4. The lowest BCUT2D eigenvalue weighted by Gasteiger charge is -2.23. The van der Waals surface area contributed by atoms with Gasteiger partial charge in [0.25, 0.3) is 0 Å². The van der Waals surface area contributed by atoms with Crippen LogP contribution in [0.2, 0.25) is 0 Å². The standard InChI is InChI=1S/C17H28N2O7/c1-17(2)11-25-15(22)5-3-13(20)18-7-9-24-10-8-19-14(21)4-6-16(23)26-12-17/h3-12H2,1-2H3,(H,18,20)(H,19,21). The van der Waals surface area contributed by atoms with E-state index in [0.717, 1.165) is 0 Å². The molecule has 0 unspecified atom stereocenters. The molecule has 0 atom stereocenters. The molecule has 0 bridgehead atoms. The molecule has 2 N–H and O–H groups in total. The van der Waals surface area contributed by atoms with Gasteiger partial charge < -0.3 is 24.8 Å². The smallest absolute Gasteiger partial charge is 0.306 e. The highest BCUT2D eigenvalue weighted by Gasteiger charge is 2.23. The molecular formula is C17H28N2O7. The molecular weight excluding hydrogens is 344 g/mol. The quantitative estimate of drug-likeness (QED) is 0.571. The van der Waals surface area contributed by atoms with Crippen LogP contribution in [0.3, 0.4) is 0 Å². The molecule has 9 nitrogen and oxygen atoms in total. The highest BCUT2D eigenvalue weighted by atomic mass is 16.5. The van der Waals surface area contributed by atoms with Crippen LogP contribution in [0.4, 0.5) is 0 Å². The molecule has 1 aliphatic rings. The minimum atomic E-state index is -0.561. The number of rotatable bonds is 0. The fourth-order valence-electron chi connectivity index (χ4n) is 1.97. The van der Waals surface area contributed by atoms with Gasteiger partial charge in [-0.3, -0.25) is 19.2 Å². The van der Waals surface area contributed by atoms with Gasteiger partial charge >= 0.3 is 11.9 Å². The van der Waals surface area contributed by atoms with Crippen LogP contribution in [0.5, 0.6) is 0 Å². The third kappa shape index (κ3) is 10.7. The number of hydrogen-bond acceptors (Lipinski definition) is 7.